The minimum Gasteiger partial charge on any atom is -0.394 e. The Morgan fingerprint density at radius 1 is 1.64 bits per heavy atom. The molecule has 0 aliphatic heterocycles. The second-order valence-corrected chi connectivity index (χ2v) is 3.58. The van der Waals surface area contributed by atoms with Gasteiger partial charge in [0.1, 0.15) is 0 Å². The van der Waals surface area contributed by atoms with Crippen molar-refractivity contribution in [2.45, 2.75) is 0 Å². The van der Waals surface area contributed by atoms with E-state index in [2.05, 4.69) is 15.5 Å². The van der Waals surface area contributed by atoms with Crippen LogP contribution in [-0.4, -0.2) is 16.1 Å². The van der Waals surface area contributed by atoms with Gasteiger partial charge >= 0.3 is 0 Å². The Morgan fingerprint density at radius 2 is 2.50 bits per heavy atom. The number of nitrogens with one attached hydrogen (secondary N) is 2. The number of aromatic nitrogens is 2. The number of anilines is 2. The Labute approximate surface area is 83.9 Å². The summed E-state index contributed by atoms with van der Waals surface area (Å²) < 4.78 is 0. The van der Waals surface area contributed by atoms with E-state index in [4.69, 9.17) is 5.73 Å². The largest absolute Gasteiger partial charge is 0.394 e. The number of carbonyl (C=O) groups excluding carboxylic acids is 1. The van der Waals surface area contributed by atoms with Gasteiger partial charge < -0.3 is 11.1 Å². The number of nitrogen functional groups attached to an aromatic ring is 1. The second kappa shape index (κ2) is 3.51. The van der Waals surface area contributed by atoms with Crippen LogP contribution in [0.1, 0.15) is 9.67 Å². The molecule has 0 bridgehead atoms. The monoisotopic (exact) mass is 208 g/mol. The first kappa shape index (κ1) is 8.76. The first-order valence-corrected chi connectivity index (χ1v) is 4.79. The fourth-order valence-corrected chi connectivity index (χ4v) is 1.60. The smallest absolute Gasteiger partial charge is 0.266 e. The van der Waals surface area contributed by atoms with Crippen LogP contribution in [-0.2, 0) is 0 Å². The zero-order valence-corrected chi connectivity index (χ0v) is 7.97. The predicted molar refractivity (Wildman–Crippen MR) is 55.3 cm³/mol. The molecule has 5 nitrogen and oxygen atoms in total. The van der Waals surface area contributed by atoms with Gasteiger partial charge in [0, 0.05) is 0 Å². The molecule has 0 unspecified atom stereocenters. The molecule has 72 valence electrons. The SMILES string of the molecule is Nc1cn[nH]c1NC(=O)c1cccs1. The van der Waals surface area contributed by atoms with E-state index in [1.165, 1.54) is 17.5 Å². The number of hydrogen-bond acceptors (Lipinski definition) is 4. The van der Waals surface area contributed by atoms with E-state index in [0.717, 1.165) is 0 Å². The van der Waals surface area contributed by atoms with E-state index in [1.807, 2.05) is 11.4 Å². The number of H-pyrrole nitrogens is 1. The molecule has 0 saturated carbocycles. The predicted octanol–water partition coefficient (Wildman–Crippen LogP) is 1.31. The molecule has 0 fully saturated rings. The quantitative estimate of drug-likeness (QED) is 0.695. The summed E-state index contributed by atoms with van der Waals surface area (Å²) in [6.45, 7) is 0. The Hall–Kier alpha value is -1.82. The number of hydrogen-bond donors (Lipinski definition) is 3. The molecule has 2 aromatic rings. The van der Waals surface area contributed by atoms with Crippen LogP contribution in [0.5, 0.6) is 0 Å². The third-order valence-corrected chi connectivity index (χ3v) is 2.52. The number of nitrogens with zero attached hydrogens (tertiary/aromatic N) is 1. The molecule has 0 aromatic carbocycles. The van der Waals surface area contributed by atoms with Crippen LogP contribution in [0.15, 0.2) is 23.7 Å². The molecule has 0 saturated heterocycles. The molecule has 4 N–H and O–H groups in total. The van der Waals surface area contributed by atoms with Crippen LogP contribution in [0.3, 0.4) is 0 Å². The summed E-state index contributed by atoms with van der Waals surface area (Å²) in [6, 6.07) is 3.56. The molecule has 2 rings (SSSR count). The third-order valence-electron chi connectivity index (χ3n) is 1.65. The maximum absolute atomic E-state index is 11.5. The number of amides is 1. The summed E-state index contributed by atoms with van der Waals surface area (Å²) in [6.07, 6.45) is 1.45. The highest BCUT2D eigenvalue weighted by atomic mass is 32.1. The fourth-order valence-electron chi connectivity index (χ4n) is 0.978. The minimum absolute atomic E-state index is 0.184. The van der Waals surface area contributed by atoms with Gasteiger partial charge in [0.15, 0.2) is 5.82 Å². The first-order valence-electron chi connectivity index (χ1n) is 3.91. The lowest BCUT2D eigenvalue weighted by Gasteiger charge is -2.00. The van der Waals surface area contributed by atoms with Crippen molar-refractivity contribution in [1.82, 2.24) is 10.2 Å². The van der Waals surface area contributed by atoms with E-state index in [1.54, 1.807) is 6.07 Å². The molecular weight excluding hydrogens is 200 g/mol. The number of aromatic amines is 1. The Balaban J connectivity index is 2.13. The van der Waals surface area contributed by atoms with Crippen molar-refractivity contribution in [3.8, 4) is 0 Å². The molecule has 6 heteroatoms. The third kappa shape index (κ3) is 1.60. The highest BCUT2D eigenvalue weighted by Crippen LogP contribution is 2.15. The van der Waals surface area contributed by atoms with Crippen LogP contribution in [0.4, 0.5) is 11.5 Å². The van der Waals surface area contributed by atoms with Gasteiger partial charge in [-0.05, 0) is 11.4 Å². The van der Waals surface area contributed by atoms with Gasteiger partial charge in [-0.2, -0.15) is 5.10 Å². The number of carbonyl (C=O) groups is 1. The summed E-state index contributed by atoms with van der Waals surface area (Å²) in [5, 5.41) is 10.8. The second-order valence-electron chi connectivity index (χ2n) is 2.63. The lowest BCUT2D eigenvalue weighted by atomic mass is 10.4. The molecule has 0 radical (unpaired) electrons. The van der Waals surface area contributed by atoms with Crippen LogP contribution in [0.2, 0.25) is 0 Å². The van der Waals surface area contributed by atoms with E-state index in [9.17, 15) is 4.79 Å². The summed E-state index contributed by atoms with van der Waals surface area (Å²) in [5.41, 5.74) is 5.96. The van der Waals surface area contributed by atoms with Gasteiger partial charge in [-0.3, -0.25) is 9.89 Å². The number of rotatable bonds is 2. The van der Waals surface area contributed by atoms with Crippen molar-refractivity contribution in [3.63, 3.8) is 0 Å². The highest BCUT2D eigenvalue weighted by Gasteiger charge is 2.09. The van der Waals surface area contributed by atoms with Crippen molar-refractivity contribution in [1.29, 1.82) is 0 Å². The molecule has 0 spiro atoms. The molecule has 0 atom stereocenters. The summed E-state index contributed by atoms with van der Waals surface area (Å²) in [5.74, 6) is 0.249. The van der Waals surface area contributed by atoms with Crippen LogP contribution < -0.4 is 11.1 Å². The number of nitrogens with two attached hydrogens (primary N) is 1. The Kier molecular flexibility index (Phi) is 2.19. The van der Waals surface area contributed by atoms with Gasteiger partial charge in [0.2, 0.25) is 0 Å². The van der Waals surface area contributed by atoms with E-state index in [0.29, 0.717) is 16.4 Å². The topological polar surface area (TPSA) is 83.8 Å². The van der Waals surface area contributed by atoms with Crippen molar-refractivity contribution >= 4 is 28.7 Å². The van der Waals surface area contributed by atoms with Gasteiger partial charge in [0.25, 0.3) is 5.91 Å². The van der Waals surface area contributed by atoms with E-state index < -0.39 is 0 Å². The van der Waals surface area contributed by atoms with Gasteiger partial charge in [-0.1, -0.05) is 6.07 Å². The van der Waals surface area contributed by atoms with Crippen molar-refractivity contribution < 1.29 is 4.79 Å². The van der Waals surface area contributed by atoms with Gasteiger partial charge in [0.05, 0.1) is 16.8 Å². The van der Waals surface area contributed by atoms with Crippen LogP contribution >= 0.6 is 11.3 Å². The maximum Gasteiger partial charge on any atom is 0.266 e. The summed E-state index contributed by atoms with van der Waals surface area (Å²) in [7, 11) is 0. The molecular formula is C8H8N4OS. The van der Waals surface area contributed by atoms with Crippen molar-refractivity contribution in [2.24, 2.45) is 0 Å². The van der Waals surface area contributed by atoms with Gasteiger partial charge in [-0.25, -0.2) is 0 Å². The molecule has 2 heterocycles. The lowest BCUT2D eigenvalue weighted by Crippen LogP contribution is -2.11. The summed E-state index contributed by atoms with van der Waals surface area (Å²) >= 11 is 1.37. The lowest BCUT2D eigenvalue weighted by molar-refractivity contribution is 0.103. The zero-order chi connectivity index (χ0) is 9.97. The molecule has 0 aliphatic carbocycles. The fraction of sp³-hybridized carbons (Fsp3) is 0. The summed E-state index contributed by atoms with van der Waals surface area (Å²) in [4.78, 5) is 12.2. The molecule has 2 aromatic heterocycles. The van der Waals surface area contributed by atoms with Crippen molar-refractivity contribution in [2.75, 3.05) is 11.1 Å². The first-order chi connectivity index (χ1) is 6.77. The molecule has 0 aliphatic rings. The normalized spacial score (nSPS) is 10.0. The maximum atomic E-state index is 11.5. The average molecular weight is 208 g/mol. The Morgan fingerprint density at radius 3 is 3.07 bits per heavy atom. The van der Waals surface area contributed by atoms with Crippen molar-refractivity contribution in [3.05, 3.63) is 28.6 Å². The Bertz CT molecular complexity index is 434. The average Bonchev–Trinajstić information content (AvgIpc) is 2.77. The van der Waals surface area contributed by atoms with Gasteiger partial charge in [-0.15, -0.1) is 11.3 Å². The zero-order valence-electron chi connectivity index (χ0n) is 7.15. The van der Waals surface area contributed by atoms with E-state index >= 15 is 0 Å². The van der Waals surface area contributed by atoms with E-state index in [-0.39, 0.29) is 5.91 Å². The molecule has 14 heavy (non-hydrogen) atoms. The van der Waals surface area contributed by atoms with Crippen LogP contribution in [0.25, 0.3) is 0 Å². The highest BCUT2D eigenvalue weighted by molar-refractivity contribution is 7.12. The van der Waals surface area contributed by atoms with Crippen LogP contribution in [0, 0.1) is 0 Å². The standard InChI is InChI=1S/C8H8N4OS/c9-5-4-10-12-7(5)11-8(13)6-2-1-3-14-6/h1-4H,9H2,(H2,10,11,12,13). The minimum atomic E-state index is -0.184. The number of thiophene rings is 1. The molecule has 1 amide bonds.